The quantitative estimate of drug-likeness (QED) is 0.0224. The van der Waals surface area contributed by atoms with Crippen LogP contribution >= 0.6 is 0 Å². The van der Waals surface area contributed by atoms with Gasteiger partial charge in [-0.25, -0.2) is 0 Å². The molecule has 0 saturated heterocycles. The van der Waals surface area contributed by atoms with Crippen LogP contribution in [0, 0.1) is 22.1 Å². The van der Waals surface area contributed by atoms with Gasteiger partial charge in [-0.1, -0.05) is 104 Å². The first-order valence-corrected chi connectivity index (χ1v) is 28.2. The largest absolute Gasteiger partial charge is 0.460 e. The number of hydrogen-bond donors (Lipinski definition) is 6. The highest BCUT2D eigenvalue weighted by atomic mass is 16.7. The number of ether oxygens (including phenoxy) is 14. The summed E-state index contributed by atoms with van der Waals surface area (Å²) in [5.41, 5.74) is -0.0508. The summed E-state index contributed by atoms with van der Waals surface area (Å²) in [4.78, 5) is 45.4. The first-order chi connectivity index (χ1) is 38.6. The Morgan fingerprint density at radius 1 is 0.402 bits per heavy atom. The third-order valence-electron chi connectivity index (χ3n) is 10.8. The highest BCUT2D eigenvalue weighted by Crippen LogP contribution is 2.36. The number of carbonyl (C=O) groups excluding carboxylic acids is 4. The molecule has 24 nitrogen and oxygen atoms in total. The molecule has 10 atom stereocenters. The van der Waals surface area contributed by atoms with E-state index in [9.17, 15) is 19.2 Å². The van der Waals surface area contributed by atoms with Crippen molar-refractivity contribution in [3.63, 3.8) is 0 Å². The van der Waals surface area contributed by atoms with Crippen molar-refractivity contribution in [2.75, 3.05) is 102 Å². The predicted molar refractivity (Wildman–Crippen MR) is 308 cm³/mol. The van der Waals surface area contributed by atoms with Gasteiger partial charge in [0.25, 0.3) is 0 Å². The molecule has 0 aliphatic carbocycles. The van der Waals surface area contributed by atoms with E-state index in [0.717, 1.165) is 6.42 Å². The molecule has 0 fully saturated rings. The minimum absolute atomic E-state index is 0.0145. The van der Waals surface area contributed by atoms with Crippen molar-refractivity contribution in [3.8, 4) is 0 Å². The molecule has 0 amide bonds. The maximum Gasteiger partial charge on any atom is 0.306 e. The van der Waals surface area contributed by atoms with Gasteiger partial charge in [-0.15, -0.1) is 0 Å². The molecule has 0 rings (SSSR count). The summed E-state index contributed by atoms with van der Waals surface area (Å²) in [6, 6.07) is 0. The van der Waals surface area contributed by atoms with Crippen LogP contribution in [0.2, 0.25) is 0 Å². The number of methoxy groups -OCH3 is 5. The normalized spacial score (nSPS) is 15.6. The van der Waals surface area contributed by atoms with E-state index in [1.807, 2.05) is 55.4 Å². The topological polar surface area (TPSA) is 319 Å². The molecule has 0 aromatic rings. The Morgan fingerprint density at radius 2 is 0.671 bits per heavy atom. The fourth-order valence-electron chi connectivity index (χ4n) is 6.67. The van der Waals surface area contributed by atoms with Gasteiger partial charge in [0.05, 0.1) is 83.0 Å². The standard InChI is InChI=1S/C17H34O5.C13H26O5.C12H24O5.C9H18O5.C7H16O4/c1-8-13(10-18)22-15(20-7)11-21-14(19)9-17(5,6)12-16(2,3)4;1-6-10(8-14)18-12(16-5)9-17-11(15)7-13(2,3)4;1-5-10(7-13)17-12(15-4)8-16-11(14)6-9(2)3;1-4-8(5-10)14-9(12-3)6-13-7(2)11;1-3-6(4-8)11-7(5-9)10-2/h13,15,18H,8-12H2,1-7H3;10,12,14H,6-9H2,1-5H3;9-10,12-13H,5-8H2,1-4H3;8-10H,4-6H2,1-3H3;6-9H,3-5H2,1-2H3/i;;9D;;. The highest BCUT2D eigenvalue weighted by Gasteiger charge is 2.29. The van der Waals surface area contributed by atoms with Crippen molar-refractivity contribution in [1.82, 2.24) is 0 Å². The number of aliphatic hydroxyl groups is 6. The molecule has 6 N–H and O–H groups in total. The summed E-state index contributed by atoms with van der Waals surface area (Å²) in [6.45, 7) is 30.1. The predicted octanol–water partition coefficient (Wildman–Crippen LogP) is 6.25. The molecule has 10 unspecified atom stereocenters. The van der Waals surface area contributed by atoms with Crippen molar-refractivity contribution in [3.05, 3.63) is 0 Å². The lowest BCUT2D eigenvalue weighted by Gasteiger charge is -2.31. The van der Waals surface area contributed by atoms with Crippen molar-refractivity contribution in [2.24, 2.45) is 22.1 Å². The molecule has 0 spiro atoms. The minimum atomic E-state index is -0.850. The van der Waals surface area contributed by atoms with Gasteiger partial charge in [-0.3, -0.25) is 19.2 Å². The Hall–Kier alpha value is -2.76. The van der Waals surface area contributed by atoms with Gasteiger partial charge < -0.3 is 97.0 Å². The van der Waals surface area contributed by atoms with Gasteiger partial charge in [-0.05, 0) is 60.7 Å². The van der Waals surface area contributed by atoms with Crippen LogP contribution < -0.4 is 0 Å². The molecule has 0 aromatic heterocycles. The van der Waals surface area contributed by atoms with E-state index >= 15 is 0 Å². The lowest BCUT2D eigenvalue weighted by Crippen LogP contribution is -2.32. The van der Waals surface area contributed by atoms with Gasteiger partial charge in [-0.2, -0.15) is 0 Å². The minimum Gasteiger partial charge on any atom is -0.460 e. The van der Waals surface area contributed by atoms with E-state index in [1.165, 1.54) is 42.5 Å². The summed E-state index contributed by atoms with van der Waals surface area (Å²) in [7, 11) is 7.32. The molecule has 24 heteroatoms. The Kier molecular flexibility index (Phi) is 56.1. The first-order valence-electron chi connectivity index (χ1n) is 28.7. The van der Waals surface area contributed by atoms with E-state index in [4.69, 9.17) is 98.3 Å². The lowest BCUT2D eigenvalue weighted by molar-refractivity contribution is -0.195. The highest BCUT2D eigenvalue weighted by molar-refractivity contribution is 5.70. The molecule has 0 aromatic carbocycles. The third-order valence-corrected chi connectivity index (χ3v) is 10.8. The lowest BCUT2D eigenvalue weighted by atomic mass is 9.74. The first kappa shape index (κ1) is 85.7. The maximum absolute atomic E-state index is 12.0. The Balaban J connectivity index is -0.000000311. The summed E-state index contributed by atoms with van der Waals surface area (Å²) in [6.07, 6.45) is 0.356. The van der Waals surface area contributed by atoms with Gasteiger partial charge in [0.2, 0.25) is 0 Å². The van der Waals surface area contributed by atoms with Crippen LogP contribution in [0.4, 0.5) is 0 Å². The number of aliphatic hydroxyl groups excluding tert-OH is 6. The number of esters is 4. The van der Waals surface area contributed by atoms with E-state index < -0.39 is 43.3 Å². The molecule has 0 aliphatic heterocycles. The van der Waals surface area contributed by atoms with E-state index in [2.05, 4.69) is 34.6 Å². The third kappa shape index (κ3) is 56.4. The zero-order chi connectivity index (χ0) is 65.4. The maximum atomic E-state index is 12.0. The number of rotatable bonds is 40. The SMILES string of the molecule is CCC(CO)OC(CO)OC.CCC(CO)OC(COC(=O)CC(C)(C)C)OC.CCC(CO)OC(COC(=O)CC(C)(C)CC(C)(C)C)OC.CCC(CO)OC(COC(C)=O)OC.[2H]C(C)(C)CC(=O)OCC(OC)OC(CC)CO. The molecular weight excluding hydrogens is 1080 g/mol. The van der Waals surface area contributed by atoms with Crippen LogP contribution in [0.25, 0.3) is 0 Å². The van der Waals surface area contributed by atoms with Crippen molar-refractivity contribution in [2.45, 2.75) is 231 Å². The van der Waals surface area contributed by atoms with Gasteiger partial charge in [0, 0.05) is 50.3 Å². The van der Waals surface area contributed by atoms with Crippen LogP contribution in [-0.2, 0) is 85.5 Å². The van der Waals surface area contributed by atoms with E-state index in [-0.39, 0.29) is 137 Å². The molecule has 494 valence electrons. The van der Waals surface area contributed by atoms with Crippen LogP contribution in [0.1, 0.15) is 170 Å². The number of carbonyl (C=O) groups is 4. The average Bonchev–Trinajstić information content (AvgIpc) is 3.40. The summed E-state index contributed by atoms with van der Waals surface area (Å²) >= 11 is 0. The molecule has 0 heterocycles. The molecule has 82 heavy (non-hydrogen) atoms. The van der Waals surface area contributed by atoms with Crippen molar-refractivity contribution in [1.29, 1.82) is 0 Å². The molecule has 0 radical (unpaired) electrons. The molecular formula is C58H118O24. The second kappa shape index (κ2) is 53.7. The van der Waals surface area contributed by atoms with Crippen LogP contribution in [0.5, 0.6) is 0 Å². The molecule has 0 saturated carbocycles. The summed E-state index contributed by atoms with van der Waals surface area (Å²) in [5.74, 6) is -2.22. The van der Waals surface area contributed by atoms with Crippen molar-refractivity contribution < 1.29 is 118 Å². The van der Waals surface area contributed by atoms with Crippen LogP contribution in [0.3, 0.4) is 0 Å². The second-order valence-corrected chi connectivity index (χ2v) is 22.3. The van der Waals surface area contributed by atoms with Gasteiger partial charge in [0.15, 0.2) is 31.5 Å². The van der Waals surface area contributed by atoms with Gasteiger partial charge in [0.1, 0.15) is 26.4 Å². The fraction of sp³-hybridized carbons (Fsp3) is 0.931. The fourth-order valence-corrected chi connectivity index (χ4v) is 6.67. The summed E-state index contributed by atoms with van der Waals surface area (Å²) < 4.78 is 79.2. The zero-order valence-corrected chi connectivity index (χ0v) is 54.2. The monoisotopic (exact) mass is 1200 g/mol. The average molecular weight is 1200 g/mol. The Bertz CT molecular complexity index is 1460. The van der Waals surface area contributed by atoms with Crippen LogP contribution in [0.15, 0.2) is 0 Å². The molecule has 0 aliphatic rings. The number of hydrogen-bond acceptors (Lipinski definition) is 24. The van der Waals surface area contributed by atoms with E-state index in [0.29, 0.717) is 44.9 Å². The van der Waals surface area contributed by atoms with Crippen molar-refractivity contribution >= 4 is 23.9 Å². The van der Waals surface area contributed by atoms with Crippen LogP contribution in [-0.4, -0.2) is 218 Å². The Morgan fingerprint density at radius 3 is 0.890 bits per heavy atom. The second-order valence-electron chi connectivity index (χ2n) is 22.3. The summed E-state index contributed by atoms with van der Waals surface area (Å²) in [5, 5.41) is 53.3. The van der Waals surface area contributed by atoms with Gasteiger partial charge >= 0.3 is 23.9 Å². The molecule has 0 bridgehead atoms. The Labute approximate surface area is 494 Å². The smallest absolute Gasteiger partial charge is 0.306 e. The zero-order valence-electron chi connectivity index (χ0n) is 55.2. The van der Waals surface area contributed by atoms with E-state index in [1.54, 1.807) is 13.8 Å².